The Bertz CT molecular complexity index is 862. The summed E-state index contributed by atoms with van der Waals surface area (Å²) in [6.45, 7) is 4.63. The maximum Gasteiger partial charge on any atom is 0.257 e. The first-order chi connectivity index (χ1) is 12.1. The second kappa shape index (κ2) is 7.90. The molecule has 25 heavy (non-hydrogen) atoms. The van der Waals surface area contributed by atoms with Crippen LogP contribution in [0.25, 0.3) is 0 Å². The van der Waals surface area contributed by atoms with Crippen molar-refractivity contribution in [2.45, 2.75) is 20.3 Å². The van der Waals surface area contributed by atoms with Crippen LogP contribution in [0.15, 0.2) is 48.5 Å². The standard InChI is InChI=1S/C19H19N3O2S/c1-13-7-6-10-16(14(13)2)24-12-11-17-21-22-19(25-17)20-18(23)15-8-4-3-5-9-15/h3-10H,11-12H2,1-2H3,(H,20,22,23). The van der Waals surface area contributed by atoms with Crippen molar-refractivity contribution in [3.05, 3.63) is 70.2 Å². The van der Waals surface area contributed by atoms with Crippen LogP contribution in [-0.2, 0) is 6.42 Å². The van der Waals surface area contributed by atoms with Crippen molar-refractivity contribution in [2.24, 2.45) is 0 Å². The number of benzene rings is 2. The lowest BCUT2D eigenvalue weighted by molar-refractivity contribution is 0.102. The van der Waals surface area contributed by atoms with Gasteiger partial charge in [-0.15, -0.1) is 10.2 Å². The molecule has 6 heteroatoms. The number of aromatic nitrogens is 2. The normalized spacial score (nSPS) is 10.5. The summed E-state index contributed by atoms with van der Waals surface area (Å²) in [5.41, 5.74) is 2.95. The van der Waals surface area contributed by atoms with Gasteiger partial charge < -0.3 is 4.74 Å². The number of hydrogen-bond acceptors (Lipinski definition) is 5. The lowest BCUT2D eigenvalue weighted by Crippen LogP contribution is -2.11. The van der Waals surface area contributed by atoms with Crippen molar-refractivity contribution in [1.82, 2.24) is 10.2 Å². The summed E-state index contributed by atoms with van der Waals surface area (Å²) in [4.78, 5) is 12.1. The summed E-state index contributed by atoms with van der Waals surface area (Å²) < 4.78 is 5.83. The molecular formula is C19H19N3O2S. The first-order valence-electron chi connectivity index (χ1n) is 8.01. The molecule has 0 saturated carbocycles. The molecular weight excluding hydrogens is 334 g/mol. The van der Waals surface area contributed by atoms with E-state index in [9.17, 15) is 4.79 Å². The number of aryl methyl sites for hydroxylation is 1. The van der Waals surface area contributed by atoms with Crippen LogP contribution in [0.3, 0.4) is 0 Å². The van der Waals surface area contributed by atoms with Crippen LogP contribution in [-0.4, -0.2) is 22.7 Å². The molecule has 1 amide bonds. The fourth-order valence-electron chi connectivity index (χ4n) is 2.29. The number of nitrogens with zero attached hydrogens (tertiary/aromatic N) is 2. The van der Waals surface area contributed by atoms with E-state index < -0.39 is 0 Å². The summed E-state index contributed by atoms with van der Waals surface area (Å²) in [7, 11) is 0. The van der Waals surface area contributed by atoms with E-state index >= 15 is 0 Å². The molecule has 0 fully saturated rings. The number of hydrogen-bond donors (Lipinski definition) is 1. The van der Waals surface area contributed by atoms with E-state index in [4.69, 9.17) is 4.74 Å². The van der Waals surface area contributed by atoms with E-state index in [1.165, 1.54) is 16.9 Å². The fourth-order valence-corrected chi connectivity index (χ4v) is 3.01. The van der Waals surface area contributed by atoms with E-state index in [1.54, 1.807) is 12.1 Å². The average Bonchev–Trinajstić information content (AvgIpc) is 3.06. The van der Waals surface area contributed by atoms with Gasteiger partial charge in [0.25, 0.3) is 5.91 Å². The molecule has 1 heterocycles. The lowest BCUT2D eigenvalue weighted by Gasteiger charge is -2.09. The van der Waals surface area contributed by atoms with Crippen LogP contribution in [0.1, 0.15) is 26.5 Å². The Balaban J connectivity index is 1.53. The third-order valence-corrected chi connectivity index (χ3v) is 4.75. The molecule has 0 radical (unpaired) electrons. The van der Waals surface area contributed by atoms with Crippen LogP contribution in [0.4, 0.5) is 5.13 Å². The lowest BCUT2D eigenvalue weighted by atomic mass is 10.1. The SMILES string of the molecule is Cc1cccc(OCCc2nnc(NC(=O)c3ccccc3)s2)c1C. The largest absolute Gasteiger partial charge is 0.493 e. The minimum Gasteiger partial charge on any atom is -0.493 e. The van der Waals surface area contributed by atoms with Crippen molar-refractivity contribution in [3.63, 3.8) is 0 Å². The molecule has 5 nitrogen and oxygen atoms in total. The Labute approximate surface area is 150 Å². The highest BCUT2D eigenvalue weighted by Crippen LogP contribution is 2.21. The molecule has 0 aliphatic heterocycles. The Kier molecular flexibility index (Phi) is 5.40. The van der Waals surface area contributed by atoms with Crippen molar-refractivity contribution >= 4 is 22.4 Å². The molecule has 1 N–H and O–H groups in total. The van der Waals surface area contributed by atoms with Crippen molar-refractivity contribution < 1.29 is 9.53 Å². The van der Waals surface area contributed by atoms with Gasteiger partial charge in [0, 0.05) is 12.0 Å². The predicted octanol–water partition coefficient (Wildman–Crippen LogP) is 4.03. The molecule has 0 spiro atoms. The maximum absolute atomic E-state index is 12.1. The number of amides is 1. The Morgan fingerprint density at radius 3 is 2.68 bits per heavy atom. The van der Waals surface area contributed by atoms with Gasteiger partial charge in [0.05, 0.1) is 6.61 Å². The minimum atomic E-state index is -0.185. The fraction of sp³-hybridized carbons (Fsp3) is 0.211. The molecule has 3 aromatic rings. The van der Waals surface area contributed by atoms with Crippen LogP contribution < -0.4 is 10.1 Å². The third kappa shape index (κ3) is 4.42. The van der Waals surface area contributed by atoms with Gasteiger partial charge in [-0.05, 0) is 43.2 Å². The maximum atomic E-state index is 12.1. The van der Waals surface area contributed by atoms with Gasteiger partial charge in [0.1, 0.15) is 10.8 Å². The molecule has 2 aromatic carbocycles. The molecule has 0 bridgehead atoms. The van der Waals surface area contributed by atoms with Crippen LogP contribution in [0.5, 0.6) is 5.75 Å². The zero-order valence-corrected chi connectivity index (χ0v) is 15.0. The number of ether oxygens (including phenoxy) is 1. The zero-order chi connectivity index (χ0) is 17.6. The molecule has 1 aromatic heterocycles. The molecule has 0 unspecified atom stereocenters. The van der Waals surface area contributed by atoms with Gasteiger partial charge in [-0.3, -0.25) is 10.1 Å². The van der Waals surface area contributed by atoms with E-state index in [0.29, 0.717) is 23.7 Å². The molecule has 128 valence electrons. The van der Waals surface area contributed by atoms with Crippen molar-refractivity contribution in [2.75, 3.05) is 11.9 Å². The van der Waals surface area contributed by atoms with Gasteiger partial charge >= 0.3 is 0 Å². The monoisotopic (exact) mass is 353 g/mol. The number of nitrogens with one attached hydrogen (secondary N) is 1. The molecule has 0 aliphatic carbocycles. The zero-order valence-electron chi connectivity index (χ0n) is 14.2. The Morgan fingerprint density at radius 2 is 1.88 bits per heavy atom. The van der Waals surface area contributed by atoms with E-state index in [2.05, 4.69) is 28.5 Å². The summed E-state index contributed by atoms with van der Waals surface area (Å²) in [6.07, 6.45) is 0.645. The highest BCUT2D eigenvalue weighted by Gasteiger charge is 2.10. The van der Waals surface area contributed by atoms with Crippen LogP contribution >= 0.6 is 11.3 Å². The van der Waals surface area contributed by atoms with Crippen molar-refractivity contribution in [1.29, 1.82) is 0 Å². The summed E-state index contributed by atoms with van der Waals surface area (Å²) >= 11 is 1.36. The summed E-state index contributed by atoms with van der Waals surface area (Å²) in [5, 5.41) is 12.2. The number of anilines is 1. The number of rotatable bonds is 6. The van der Waals surface area contributed by atoms with Gasteiger partial charge in [-0.1, -0.05) is 41.7 Å². The van der Waals surface area contributed by atoms with Crippen LogP contribution in [0, 0.1) is 13.8 Å². The van der Waals surface area contributed by atoms with Gasteiger partial charge in [0.15, 0.2) is 0 Å². The van der Waals surface area contributed by atoms with E-state index in [0.717, 1.165) is 16.3 Å². The average molecular weight is 353 g/mol. The first-order valence-corrected chi connectivity index (χ1v) is 8.83. The first kappa shape index (κ1) is 17.1. The van der Waals surface area contributed by atoms with E-state index in [1.807, 2.05) is 37.3 Å². The molecule has 0 atom stereocenters. The summed E-state index contributed by atoms with van der Waals surface area (Å²) in [5.74, 6) is 0.706. The Morgan fingerprint density at radius 1 is 1.08 bits per heavy atom. The quantitative estimate of drug-likeness (QED) is 0.727. The molecule has 0 saturated heterocycles. The number of carbonyl (C=O) groups is 1. The topological polar surface area (TPSA) is 64.1 Å². The Hall–Kier alpha value is -2.73. The van der Waals surface area contributed by atoms with Gasteiger partial charge in [-0.2, -0.15) is 0 Å². The summed E-state index contributed by atoms with van der Waals surface area (Å²) in [6, 6.07) is 15.1. The molecule has 3 rings (SSSR count). The third-order valence-electron chi connectivity index (χ3n) is 3.85. The minimum absolute atomic E-state index is 0.185. The second-order valence-electron chi connectivity index (χ2n) is 5.62. The highest BCUT2D eigenvalue weighted by atomic mass is 32.1. The van der Waals surface area contributed by atoms with Crippen molar-refractivity contribution in [3.8, 4) is 5.75 Å². The molecule has 0 aliphatic rings. The van der Waals surface area contributed by atoms with Gasteiger partial charge in [0.2, 0.25) is 5.13 Å². The van der Waals surface area contributed by atoms with Gasteiger partial charge in [-0.25, -0.2) is 0 Å². The predicted molar refractivity (Wildman–Crippen MR) is 99.4 cm³/mol. The van der Waals surface area contributed by atoms with E-state index in [-0.39, 0.29) is 5.91 Å². The second-order valence-corrected chi connectivity index (χ2v) is 6.68. The van der Waals surface area contributed by atoms with Crippen LogP contribution in [0.2, 0.25) is 0 Å². The number of carbonyl (C=O) groups excluding carboxylic acids is 1. The highest BCUT2D eigenvalue weighted by molar-refractivity contribution is 7.15. The smallest absolute Gasteiger partial charge is 0.257 e.